The highest BCUT2D eigenvalue weighted by molar-refractivity contribution is 6.35. The molecule has 1 aromatic carbocycles. The summed E-state index contributed by atoms with van der Waals surface area (Å²) < 4.78 is 4.99. The van der Waals surface area contributed by atoms with E-state index >= 15 is 0 Å². The van der Waals surface area contributed by atoms with E-state index in [0.29, 0.717) is 40.5 Å². The Balaban J connectivity index is 2.11. The van der Waals surface area contributed by atoms with Crippen molar-refractivity contribution >= 4 is 40.6 Å². The summed E-state index contributed by atoms with van der Waals surface area (Å²) >= 11 is 12.0. The maximum Gasteiger partial charge on any atom is 0.274 e. The van der Waals surface area contributed by atoms with Crippen LogP contribution in [-0.4, -0.2) is 36.1 Å². The molecule has 0 bridgehead atoms. The van der Waals surface area contributed by atoms with Crippen molar-refractivity contribution < 1.29 is 9.53 Å². The standard InChI is InChI=1S/C16H18Cl2N4O2/c1-10-20-14(9-15(21-10)19-6-3-7-24-2)16(23)22-13-8-11(17)4-5-12(13)18/h4-5,8-9H,3,6-7H2,1-2H3,(H,22,23)(H,19,20,21). The van der Waals surface area contributed by atoms with Gasteiger partial charge >= 0.3 is 0 Å². The minimum absolute atomic E-state index is 0.243. The van der Waals surface area contributed by atoms with E-state index in [1.54, 1.807) is 38.3 Å². The van der Waals surface area contributed by atoms with Crippen LogP contribution in [0.25, 0.3) is 0 Å². The Kier molecular flexibility index (Phi) is 6.78. The molecule has 0 aliphatic heterocycles. The molecule has 2 aromatic rings. The van der Waals surface area contributed by atoms with Gasteiger partial charge in [0, 0.05) is 31.4 Å². The molecule has 0 atom stereocenters. The quantitative estimate of drug-likeness (QED) is 0.727. The topological polar surface area (TPSA) is 76.1 Å². The largest absolute Gasteiger partial charge is 0.385 e. The van der Waals surface area contributed by atoms with Crippen molar-refractivity contribution in [2.24, 2.45) is 0 Å². The first-order valence-electron chi connectivity index (χ1n) is 7.34. The fourth-order valence-corrected chi connectivity index (χ4v) is 2.32. The van der Waals surface area contributed by atoms with E-state index in [2.05, 4.69) is 20.6 Å². The van der Waals surface area contributed by atoms with Crippen LogP contribution in [0.1, 0.15) is 22.7 Å². The third-order valence-electron chi connectivity index (χ3n) is 3.08. The number of benzene rings is 1. The molecule has 0 unspecified atom stereocenters. The van der Waals surface area contributed by atoms with Gasteiger partial charge in [-0.1, -0.05) is 23.2 Å². The minimum Gasteiger partial charge on any atom is -0.385 e. The molecule has 2 rings (SSSR count). The van der Waals surface area contributed by atoms with Crippen LogP contribution in [0, 0.1) is 6.92 Å². The van der Waals surface area contributed by atoms with Crippen LogP contribution in [-0.2, 0) is 4.74 Å². The van der Waals surface area contributed by atoms with E-state index in [-0.39, 0.29) is 11.6 Å². The molecular weight excluding hydrogens is 351 g/mol. The van der Waals surface area contributed by atoms with Gasteiger partial charge in [0.15, 0.2) is 0 Å². The highest BCUT2D eigenvalue weighted by Crippen LogP contribution is 2.25. The third-order valence-corrected chi connectivity index (χ3v) is 3.64. The molecule has 24 heavy (non-hydrogen) atoms. The lowest BCUT2D eigenvalue weighted by Gasteiger charge is -2.10. The Labute approximate surface area is 150 Å². The average molecular weight is 369 g/mol. The summed E-state index contributed by atoms with van der Waals surface area (Å²) in [6.07, 6.45) is 0.833. The van der Waals surface area contributed by atoms with Crippen molar-refractivity contribution in [1.82, 2.24) is 9.97 Å². The van der Waals surface area contributed by atoms with Crippen LogP contribution in [0.2, 0.25) is 10.0 Å². The van der Waals surface area contributed by atoms with Crippen LogP contribution >= 0.6 is 23.2 Å². The summed E-state index contributed by atoms with van der Waals surface area (Å²) in [6.45, 7) is 3.06. The Bertz CT molecular complexity index is 725. The first kappa shape index (κ1) is 18.4. The highest BCUT2D eigenvalue weighted by atomic mass is 35.5. The van der Waals surface area contributed by atoms with Crippen molar-refractivity contribution in [3.8, 4) is 0 Å². The molecule has 128 valence electrons. The van der Waals surface area contributed by atoms with Crippen molar-refractivity contribution in [2.45, 2.75) is 13.3 Å². The second-order valence-corrected chi connectivity index (χ2v) is 5.88. The second kappa shape index (κ2) is 8.82. The predicted molar refractivity (Wildman–Crippen MR) is 96.2 cm³/mol. The Morgan fingerprint density at radius 3 is 2.79 bits per heavy atom. The number of carbonyl (C=O) groups excluding carboxylic acids is 1. The van der Waals surface area contributed by atoms with Crippen molar-refractivity contribution in [2.75, 3.05) is 30.9 Å². The molecule has 0 fully saturated rings. The summed E-state index contributed by atoms with van der Waals surface area (Å²) in [5.74, 6) is 0.694. The molecule has 0 spiro atoms. The van der Waals surface area contributed by atoms with E-state index in [9.17, 15) is 4.79 Å². The summed E-state index contributed by atoms with van der Waals surface area (Å²) in [5.41, 5.74) is 0.674. The zero-order valence-electron chi connectivity index (χ0n) is 13.4. The average Bonchev–Trinajstić information content (AvgIpc) is 2.54. The van der Waals surface area contributed by atoms with Crippen LogP contribution < -0.4 is 10.6 Å². The molecule has 1 heterocycles. The van der Waals surface area contributed by atoms with Gasteiger partial charge in [-0.3, -0.25) is 4.79 Å². The summed E-state index contributed by atoms with van der Waals surface area (Å²) in [4.78, 5) is 20.8. The normalized spacial score (nSPS) is 10.5. The summed E-state index contributed by atoms with van der Waals surface area (Å²) in [7, 11) is 1.65. The van der Waals surface area contributed by atoms with Crippen molar-refractivity contribution in [3.05, 3.63) is 45.8 Å². The molecule has 0 aliphatic rings. The number of methoxy groups -OCH3 is 1. The SMILES string of the molecule is COCCCNc1cc(C(=O)Nc2cc(Cl)ccc2Cl)nc(C)n1. The molecule has 0 radical (unpaired) electrons. The number of nitrogens with one attached hydrogen (secondary N) is 2. The summed E-state index contributed by atoms with van der Waals surface area (Å²) in [6, 6.07) is 6.44. The van der Waals surface area contributed by atoms with Crippen LogP contribution in [0.3, 0.4) is 0 Å². The molecule has 1 amide bonds. The van der Waals surface area contributed by atoms with Gasteiger partial charge in [-0.25, -0.2) is 9.97 Å². The molecular formula is C16H18Cl2N4O2. The Morgan fingerprint density at radius 1 is 1.25 bits per heavy atom. The third kappa shape index (κ3) is 5.33. The minimum atomic E-state index is -0.385. The molecule has 2 N–H and O–H groups in total. The van der Waals surface area contributed by atoms with E-state index in [1.807, 2.05) is 0 Å². The number of halogens is 2. The van der Waals surface area contributed by atoms with Crippen LogP contribution in [0.15, 0.2) is 24.3 Å². The van der Waals surface area contributed by atoms with Gasteiger partial charge in [0.1, 0.15) is 17.3 Å². The molecule has 6 nitrogen and oxygen atoms in total. The number of hydrogen-bond acceptors (Lipinski definition) is 5. The molecule has 1 aromatic heterocycles. The highest BCUT2D eigenvalue weighted by Gasteiger charge is 2.13. The number of aryl methyl sites for hydroxylation is 1. The van der Waals surface area contributed by atoms with E-state index in [0.717, 1.165) is 6.42 Å². The number of anilines is 2. The maximum atomic E-state index is 12.4. The van der Waals surface area contributed by atoms with Gasteiger partial charge in [-0.2, -0.15) is 0 Å². The van der Waals surface area contributed by atoms with Crippen LogP contribution in [0.5, 0.6) is 0 Å². The monoisotopic (exact) mass is 368 g/mol. The van der Waals surface area contributed by atoms with Gasteiger partial charge in [-0.15, -0.1) is 0 Å². The summed E-state index contributed by atoms with van der Waals surface area (Å²) in [5, 5.41) is 6.73. The Morgan fingerprint density at radius 2 is 2.04 bits per heavy atom. The maximum absolute atomic E-state index is 12.4. The first-order chi connectivity index (χ1) is 11.5. The fraction of sp³-hybridized carbons (Fsp3) is 0.312. The molecule has 0 saturated heterocycles. The number of ether oxygens (including phenoxy) is 1. The van der Waals surface area contributed by atoms with E-state index < -0.39 is 0 Å². The Hall–Kier alpha value is -1.89. The number of nitrogens with zero attached hydrogens (tertiary/aromatic N) is 2. The first-order valence-corrected chi connectivity index (χ1v) is 8.10. The van der Waals surface area contributed by atoms with Crippen LogP contribution in [0.4, 0.5) is 11.5 Å². The zero-order valence-corrected chi connectivity index (χ0v) is 14.9. The molecule has 8 heteroatoms. The van der Waals surface area contributed by atoms with E-state index in [1.165, 1.54) is 0 Å². The predicted octanol–water partition coefficient (Wildman–Crippen LogP) is 3.79. The van der Waals surface area contributed by atoms with Gasteiger partial charge < -0.3 is 15.4 Å². The van der Waals surface area contributed by atoms with Crippen molar-refractivity contribution in [3.63, 3.8) is 0 Å². The smallest absolute Gasteiger partial charge is 0.274 e. The lowest BCUT2D eigenvalue weighted by Crippen LogP contribution is -2.16. The molecule has 0 aliphatic carbocycles. The van der Waals surface area contributed by atoms with Gasteiger partial charge in [0.05, 0.1) is 10.7 Å². The number of hydrogen-bond donors (Lipinski definition) is 2. The van der Waals surface area contributed by atoms with Gasteiger partial charge in [0.25, 0.3) is 5.91 Å². The number of carbonyl (C=O) groups is 1. The number of rotatable bonds is 7. The van der Waals surface area contributed by atoms with E-state index in [4.69, 9.17) is 27.9 Å². The lowest BCUT2D eigenvalue weighted by atomic mass is 10.3. The van der Waals surface area contributed by atoms with Gasteiger partial charge in [-0.05, 0) is 31.5 Å². The van der Waals surface area contributed by atoms with Gasteiger partial charge in [0.2, 0.25) is 0 Å². The second-order valence-electron chi connectivity index (χ2n) is 5.04. The zero-order chi connectivity index (χ0) is 17.5. The number of aromatic nitrogens is 2. The number of amides is 1. The fourth-order valence-electron chi connectivity index (χ4n) is 1.99. The molecule has 0 saturated carbocycles. The lowest BCUT2D eigenvalue weighted by molar-refractivity contribution is 0.102. The van der Waals surface area contributed by atoms with Crippen molar-refractivity contribution in [1.29, 1.82) is 0 Å².